The summed E-state index contributed by atoms with van der Waals surface area (Å²) in [5.41, 5.74) is 8.99. The predicted octanol–water partition coefficient (Wildman–Crippen LogP) is 14.4. The van der Waals surface area contributed by atoms with Gasteiger partial charge in [-0.05, 0) is 59.7 Å². The van der Waals surface area contributed by atoms with Crippen LogP contribution in [-0.2, 0) is 0 Å². The van der Waals surface area contributed by atoms with Crippen molar-refractivity contribution in [3.8, 4) is 51.0 Å². The van der Waals surface area contributed by atoms with E-state index in [9.17, 15) is 0 Å². The summed E-state index contributed by atoms with van der Waals surface area (Å²) < 4.78 is 7.46. The summed E-state index contributed by atoms with van der Waals surface area (Å²) in [4.78, 5) is 14.8. The average molecular weight is 763 g/mol. The van der Waals surface area contributed by atoms with Crippen LogP contribution in [0, 0.1) is 0 Å². The molecule has 0 N–H and O–H groups in total. The maximum atomic E-state index is 4.98. The molecule has 0 aliphatic carbocycles. The van der Waals surface area contributed by atoms with Crippen molar-refractivity contribution in [3.05, 3.63) is 182 Å². The lowest BCUT2D eigenvalue weighted by molar-refractivity contribution is 1.07. The number of benzene rings is 8. The minimum Gasteiger partial charge on any atom is -0.309 e. The molecule has 12 aromatic rings. The van der Waals surface area contributed by atoms with Crippen molar-refractivity contribution in [2.45, 2.75) is 0 Å². The molecule has 0 fully saturated rings. The van der Waals surface area contributed by atoms with Crippen LogP contribution >= 0.6 is 22.7 Å². The third kappa shape index (κ3) is 5.30. The van der Waals surface area contributed by atoms with Crippen LogP contribution in [0.2, 0.25) is 0 Å². The lowest BCUT2D eigenvalue weighted by atomic mass is 10.0. The van der Waals surface area contributed by atoms with Gasteiger partial charge in [0.05, 0.1) is 11.0 Å². The number of fused-ring (bicyclic) bond motifs is 9. The van der Waals surface area contributed by atoms with E-state index in [1.54, 1.807) is 0 Å². The molecule has 0 atom stereocenters. The van der Waals surface area contributed by atoms with Gasteiger partial charge in [-0.1, -0.05) is 133 Å². The summed E-state index contributed by atoms with van der Waals surface area (Å²) in [6.45, 7) is 0. The monoisotopic (exact) mass is 762 g/mol. The summed E-state index contributed by atoms with van der Waals surface area (Å²) in [6.07, 6.45) is 0. The molecule has 0 radical (unpaired) electrons. The molecule has 0 aliphatic heterocycles. The van der Waals surface area contributed by atoms with Crippen LogP contribution in [0.25, 0.3) is 113 Å². The molecule has 0 spiro atoms. The number of nitrogens with zero attached hydrogens (tertiary/aromatic N) is 4. The molecule has 4 heterocycles. The van der Waals surface area contributed by atoms with E-state index in [-0.39, 0.29) is 0 Å². The number of hydrogen-bond donors (Lipinski definition) is 0. The molecule has 266 valence electrons. The van der Waals surface area contributed by atoms with Crippen LogP contribution in [0.1, 0.15) is 0 Å². The minimum absolute atomic E-state index is 0.666. The van der Waals surface area contributed by atoms with Gasteiger partial charge in [-0.25, -0.2) is 15.0 Å². The van der Waals surface area contributed by atoms with E-state index in [4.69, 9.17) is 15.0 Å². The van der Waals surface area contributed by atoms with Crippen LogP contribution in [-0.4, -0.2) is 19.5 Å². The van der Waals surface area contributed by atoms with E-state index >= 15 is 0 Å². The van der Waals surface area contributed by atoms with E-state index in [2.05, 4.69) is 126 Å². The Morgan fingerprint density at radius 1 is 0.298 bits per heavy atom. The number of aromatic nitrogens is 4. The first-order valence-electron chi connectivity index (χ1n) is 19.0. The van der Waals surface area contributed by atoms with Crippen molar-refractivity contribution in [2.24, 2.45) is 0 Å². The van der Waals surface area contributed by atoms with E-state index in [0.29, 0.717) is 17.5 Å². The van der Waals surface area contributed by atoms with Gasteiger partial charge in [-0.2, -0.15) is 0 Å². The van der Waals surface area contributed by atoms with Crippen molar-refractivity contribution in [3.63, 3.8) is 0 Å². The number of thiophene rings is 2. The molecule has 0 unspecified atom stereocenters. The van der Waals surface area contributed by atoms with Crippen molar-refractivity contribution >= 4 is 84.8 Å². The van der Waals surface area contributed by atoms with Crippen LogP contribution in [0.3, 0.4) is 0 Å². The Labute approximate surface area is 335 Å². The normalized spacial score (nSPS) is 11.9. The van der Waals surface area contributed by atoms with Gasteiger partial charge in [0, 0.05) is 73.5 Å². The van der Waals surface area contributed by atoms with Crippen LogP contribution in [0.15, 0.2) is 182 Å². The standard InChI is InChI=1S/C51H30N4S2/c1-3-11-31(12-4-1)49-52-50(32-13-5-2-6-14-32)54-51(53-49)35-20-24-41-42-27-33(21-26-45(42)56-47(41)29-35)34-19-23-39-40-25-22-36(30-48(40)57-46(39)28-34)55-43-17-9-7-15-37(43)38-16-8-10-18-44(38)55/h1-30H. The zero-order valence-corrected chi connectivity index (χ0v) is 32.1. The van der Waals surface area contributed by atoms with Crippen LogP contribution in [0.4, 0.5) is 0 Å². The Hall–Kier alpha value is -6.99. The Kier molecular flexibility index (Phi) is 7.24. The molecule has 0 saturated heterocycles. The topological polar surface area (TPSA) is 43.6 Å². The van der Waals surface area contributed by atoms with Gasteiger partial charge in [0.15, 0.2) is 17.5 Å². The number of para-hydroxylation sites is 2. The van der Waals surface area contributed by atoms with Gasteiger partial charge >= 0.3 is 0 Å². The lowest BCUT2D eigenvalue weighted by Crippen LogP contribution is -1.99. The molecule has 12 rings (SSSR count). The largest absolute Gasteiger partial charge is 0.309 e. The second-order valence-corrected chi connectivity index (χ2v) is 16.6. The smallest absolute Gasteiger partial charge is 0.164 e. The van der Waals surface area contributed by atoms with Gasteiger partial charge < -0.3 is 4.57 Å². The zero-order chi connectivity index (χ0) is 37.5. The maximum Gasteiger partial charge on any atom is 0.164 e. The van der Waals surface area contributed by atoms with E-state index in [1.165, 1.54) is 79.0 Å². The van der Waals surface area contributed by atoms with E-state index in [1.807, 2.05) is 83.3 Å². The highest BCUT2D eigenvalue weighted by Crippen LogP contribution is 2.42. The third-order valence-corrected chi connectivity index (χ3v) is 13.3. The summed E-state index contributed by atoms with van der Waals surface area (Å²) in [5, 5.41) is 7.65. The van der Waals surface area contributed by atoms with Crippen molar-refractivity contribution < 1.29 is 0 Å². The number of hydrogen-bond acceptors (Lipinski definition) is 5. The van der Waals surface area contributed by atoms with Gasteiger partial charge in [-0.15, -0.1) is 22.7 Å². The molecule has 0 amide bonds. The van der Waals surface area contributed by atoms with Gasteiger partial charge in [0.2, 0.25) is 0 Å². The zero-order valence-electron chi connectivity index (χ0n) is 30.4. The molecule has 4 nitrogen and oxygen atoms in total. The second kappa shape index (κ2) is 12.8. The number of rotatable bonds is 5. The molecule has 0 aliphatic rings. The molecule has 0 saturated carbocycles. The quantitative estimate of drug-likeness (QED) is 0.175. The second-order valence-electron chi connectivity index (χ2n) is 14.4. The Morgan fingerprint density at radius 3 is 1.40 bits per heavy atom. The molecule has 0 bridgehead atoms. The highest BCUT2D eigenvalue weighted by Gasteiger charge is 2.16. The molecular formula is C51H30N4S2. The van der Waals surface area contributed by atoms with Crippen LogP contribution < -0.4 is 0 Å². The fourth-order valence-electron chi connectivity index (χ4n) is 8.32. The van der Waals surface area contributed by atoms with E-state index in [0.717, 1.165) is 16.7 Å². The van der Waals surface area contributed by atoms with Crippen molar-refractivity contribution in [1.82, 2.24) is 19.5 Å². The summed E-state index contributed by atoms with van der Waals surface area (Å²) in [7, 11) is 0. The third-order valence-electron chi connectivity index (χ3n) is 11.1. The molecule has 6 heteroatoms. The van der Waals surface area contributed by atoms with E-state index < -0.39 is 0 Å². The van der Waals surface area contributed by atoms with Crippen molar-refractivity contribution in [2.75, 3.05) is 0 Å². The summed E-state index contributed by atoms with van der Waals surface area (Å²) in [5.74, 6) is 2.00. The van der Waals surface area contributed by atoms with Gasteiger partial charge in [0.25, 0.3) is 0 Å². The highest BCUT2D eigenvalue weighted by molar-refractivity contribution is 7.26. The molecule has 57 heavy (non-hydrogen) atoms. The maximum absolute atomic E-state index is 4.98. The van der Waals surface area contributed by atoms with Crippen LogP contribution in [0.5, 0.6) is 0 Å². The first-order chi connectivity index (χ1) is 28.2. The van der Waals surface area contributed by atoms with Crippen molar-refractivity contribution in [1.29, 1.82) is 0 Å². The Morgan fingerprint density at radius 2 is 0.754 bits per heavy atom. The fraction of sp³-hybridized carbons (Fsp3) is 0. The fourth-order valence-corrected chi connectivity index (χ4v) is 10.6. The molecular weight excluding hydrogens is 733 g/mol. The first kappa shape index (κ1) is 32.3. The first-order valence-corrected chi connectivity index (χ1v) is 20.6. The summed E-state index contributed by atoms with van der Waals surface area (Å²) in [6, 6.07) is 65.0. The SMILES string of the molecule is c1ccc(-c2nc(-c3ccccc3)nc(-c3ccc4c(c3)sc3ccc(-c5ccc6c(c5)sc5cc(-n7c8ccccc8c8ccccc87)ccc56)cc34)n2)cc1. The molecule has 4 aromatic heterocycles. The lowest BCUT2D eigenvalue weighted by Gasteiger charge is -2.08. The predicted molar refractivity (Wildman–Crippen MR) is 242 cm³/mol. The average Bonchev–Trinajstić information content (AvgIpc) is 3.95. The summed E-state index contributed by atoms with van der Waals surface area (Å²) >= 11 is 3.68. The Bertz CT molecular complexity index is 3410. The Balaban J connectivity index is 0.921. The molecule has 8 aromatic carbocycles. The minimum atomic E-state index is 0.666. The van der Waals surface area contributed by atoms with Gasteiger partial charge in [-0.3, -0.25) is 0 Å². The van der Waals surface area contributed by atoms with Gasteiger partial charge in [0.1, 0.15) is 0 Å². The highest BCUT2D eigenvalue weighted by atomic mass is 32.1.